The van der Waals surface area contributed by atoms with Crippen molar-refractivity contribution in [2.24, 2.45) is 5.73 Å². The van der Waals surface area contributed by atoms with Crippen LogP contribution in [0.15, 0.2) is 42.9 Å². The first-order valence-electron chi connectivity index (χ1n) is 5.79. The lowest BCUT2D eigenvalue weighted by Gasteiger charge is -1.98. The molecule has 0 bridgehead atoms. The van der Waals surface area contributed by atoms with Crippen molar-refractivity contribution in [3.8, 4) is 11.1 Å². The fourth-order valence-corrected chi connectivity index (χ4v) is 2.00. The molecular formula is C14H11F2N3. The second-order valence-corrected chi connectivity index (χ2v) is 4.27. The standard InChI is InChI=1S/C14H11F2N3/c15-13-2-1-9(4-14(13)16)10-3-12-5-11(6-17)18-8-19(12)7-10/h1-5,7-8H,6,17H2. The molecule has 0 aliphatic carbocycles. The summed E-state index contributed by atoms with van der Waals surface area (Å²) in [6.45, 7) is 0.363. The number of aromatic nitrogens is 2. The molecule has 0 amide bonds. The van der Waals surface area contributed by atoms with Gasteiger partial charge in [0.2, 0.25) is 0 Å². The van der Waals surface area contributed by atoms with Crippen LogP contribution in [0.3, 0.4) is 0 Å². The Morgan fingerprint density at radius 3 is 2.63 bits per heavy atom. The van der Waals surface area contributed by atoms with Crippen molar-refractivity contribution >= 4 is 5.52 Å². The largest absolute Gasteiger partial charge is 0.325 e. The number of halogens is 2. The molecule has 96 valence electrons. The summed E-state index contributed by atoms with van der Waals surface area (Å²) in [7, 11) is 0. The molecule has 2 heterocycles. The van der Waals surface area contributed by atoms with Gasteiger partial charge in [0.1, 0.15) is 0 Å². The summed E-state index contributed by atoms with van der Waals surface area (Å²) in [4.78, 5) is 4.17. The molecule has 0 saturated heterocycles. The molecule has 19 heavy (non-hydrogen) atoms. The molecule has 3 nitrogen and oxygen atoms in total. The highest BCUT2D eigenvalue weighted by atomic mass is 19.2. The van der Waals surface area contributed by atoms with Crippen molar-refractivity contribution in [1.82, 2.24) is 9.38 Å². The van der Waals surface area contributed by atoms with Crippen LogP contribution in [0.4, 0.5) is 8.78 Å². The molecule has 0 aliphatic rings. The summed E-state index contributed by atoms with van der Waals surface area (Å²) in [6, 6.07) is 7.60. The minimum atomic E-state index is -0.853. The van der Waals surface area contributed by atoms with E-state index in [2.05, 4.69) is 4.98 Å². The van der Waals surface area contributed by atoms with E-state index >= 15 is 0 Å². The van der Waals surface area contributed by atoms with E-state index in [0.29, 0.717) is 12.1 Å². The SMILES string of the molecule is NCc1cc2cc(-c3ccc(F)c(F)c3)cn2cn1. The Morgan fingerprint density at radius 1 is 1.05 bits per heavy atom. The third kappa shape index (κ3) is 2.08. The van der Waals surface area contributed by atoms with E-state index in [1.807, 2.05) is 22.7 Å². The Balaban J connectivity index is 2.11. The highest BCUT2D eigenvalue weighted by Gasteiger charge is 2.07. The average molecular weight is 259 g/mol. The predicted molar refractivity (Wildman–Crippen MR) is 68.4 cm³/mol. The van der Waals surface area contributed by atoms with Gasteiger partial charge < -0.3 is 10.1 Å². The van der Waals surface area contributed by atoms with Gasteiger partial charge in [-0.1, -0.05) is 6.07 Å². The van der Waals surface area contributed by atoms with Crippen LogP contribution in [0.25, 0.3) is 16.6 Å². The summed E-state index contributed by atoms with van der Waals surface area (Å²) in [6.07, 6.45) is 3.47. The summed E-state index contributed by atoms with van der Waals surface area (Å²) < 4.78 is 28.0. The first-order valence-corrected chi connectivity index (χ1v) is 5.79. The molecule has 3 rings (SSSR count). The van der Waals surface area contributed by atoms with Crippen LogP contribution in [0.1, 0.15) is 5.69 Å². The van der Waals surface area contributed by atoms with Gasteiger partial charge in [0, 0.05) is 23.8 Å². The van der Waals surface area contributed by atoms with Crippen molar-refractivity contribution in [1.29, 1.82) is 0 Å². The highest BCUT2D eigenvalue weighted by Crippen LogP contribution is 2.24. The fourth-order valence-electron chi connectivity index (χ4n) is 2.00. The van der Waals surface area contributed by atoms with Crippen molar-refractivity contribution in [2.75, 3.05) is 0 Å². The van der Waals surface area contributed by atoms with E-state index in [0.717, 1.165) is 22.8 Å². The molecule has 0 fully saturated rings. The lowest BCUT2D eigenvalue weighted by Crippen LogP contribution is -2.00. The van der Waals surface area contributed by atoms with Gasteiger partial charge in [0.05, 0.1) is 12.0 Å². The number of hydrogen-bond donors (Lipinski definition) is 1. The molecule has 2 N–H and O–H groups in total. The Morgan fingerprint density at radius 2 is 1.89 bits per heavy atom. The minimum absolute atomic E-state index is 0.363. The van der Waals surface area contributed by atoms with Crippen molar-refractivity contribution in [2.45, 2.75) is 6.54 Å². The molecule has 3 aromatic rings. The quantitative estimate of drug-likeness (QED) is 0.769. The number of fused-ring (bicyclic) bond motifs is 1. The second kappa shape index (κ2) is 4.44. The van der Waals surface area contributed by atoms with Gasteiger partial charge in [0.15, 0.2) is 11.6 Å². The van der Waals surface area contributed by atoms with Gasteiger partial charge in [-0.2, -0.15) is 0 Å². The Kier molecular flexibility index (Phi) is 2.76. The average Bonchev–Trinajstić information content (AvgIpc) is 2.84. The Labute approximate surface area is 108 Å². The van der Waals surface area contributed by atoms with Gasteiger partial charge in [-0.25, -0.2) is 13.8 Å². The highest BCUT2D eigenvalue weighted by molar-refractivity contribution is 5.70. The van der Waals surface area contributed by atoms with E-state index in [1.54, 1.807) is 12.4 Å². The number of benzene rings is 1. The zero-order valence-electron chi connectivity index (χ0n) is 9.98. The van der Waals surface area contributed by atoms with Gasteiger partial charge >= 0.3 is 0 Å². The summed E-state index contributed by atoms with van der Waals surface area (Å²) >= 11 is 0. The molecule has 0 saturated carbocycles. The van der Waals surface area contributed by atoms with E-state index in [9.17, 15) is 8.78 Å². The van der Waals surface area contributed by atoms with Crippen LogP contribution in [0.5, 0.6) is 0 Å². The summed E-state index contributed by atoms with van der Waals surface area (Å²) in [5.74, 6) is -1.70. The first kappa shape index (κ1) is 11.8. The van der Waals surface area contributed by atoms with E-state index in [4.69, 9.17) is 5.73 Å². The van der Waals surface area contributed by atoms with Gasteiger partial charge in [-0.3, -0.25) is 0 Å². The topological polar surface area (TPSA) is 43.3 Å². The van der Waals surface area contributed by atoms with E-state index < -0.39 is 11.6 Å². The smallest absolute Gasteiger partial charge is 0.159 e. The van der Waals surface area contributed by atoms with Gasteiger partial charge in [-0.15, -0.1) is 0 Å². The maximum Gasteiger partial charge on any atom is 0.159 e. The Bertz CT molecular complexity index is 750. The molecule has 0 aliphatic heterocycles. The molecule has 2 aromatic heterocycles. The maximum atomic E-state index is 13.2. The molecule has 0 spiro atoms. The minimum Gasteiger partial charge on any atom is -0.325 e. The van der Waals surface area contributed by atoms with Gasteiger partial charge in [-0.05, 0) is 29.8 Å². The fraction of sp³-hybridized carbons (Fsp3) is 0.0714. The third-order valence-electron chi connectivity index (χ3n) is 3.00. The number of hydrogen-bond acceptors (Lipinski definition) is 2. The van der Waals surface area contributed by atoms with Crippen LogP contribution in [0, 0.1) is 11.6 Å². The molecule has 0 radical (unpaired) electrons. The van der Waals surface area contributed by atoms with Crippen LogP contribution in [0.2, 0.25) is 0 Å². The summed E-state index contributed by atoms with van der Waals surface area (Å²) in [5.41, 5.74) is 8.65. The zero-order chi connectivity index (χ0) is 13.4. The van der Waals surface area contributed by atoms with Crippen LogP contribution in [-0.2, 0) is 6.54 Å². The molecule has 1 aromatic carbocycles. The van der Waals surface area contributed by atoms with Crippen molar-refractivity contribution in [3.05, 3.63) is 60.2 Å². The first-order chi connectivity index (χ1) is 9.17. The number of nitrogens with zero attached hydrogens (tertiary/aromatic N) is 2. The van der Waals surface area contributed by atoms with E-state index in [1.165, 1.54) is 6.07 Å². The molecule has 0 unspecified atom stereocenters. The molecule has 5 heteroatoms. The summed E-state index contributed by atoms with van der Waals surface area (Å²) in [5, 5.41) is 0. The van der Waals surface area contributed by atoms with Crippen molar-refractivity contribution < 1.29 is 8.78 Å². The lowest BCUT2D eigenvalue weighted by atomic mass is 10.1. The third-order valence-corrected chi connectivity index (χ3v) is 3.00. The number of nitrogens with two attached hydrogens (primary N) is 1. The van der Waals surface area contributed by atoms with Crippen LogP contribution >= 0.6 is 0 Å². The molecular weight excluding hydrogens is 248 g/mol. The van der Waals surface area contributed by atoms with Gasteiger partial charge in [0.25, 0.3) is 0 Å². The normalized spacial score (nSPS) is 11.1. The predicted octanol–water partition coefficient (Wildman–Crippen LogP) is 2.74. The monoisotopic (exact) mass is 259 g/mol. The van der Waals surface area contributed by atoms with Crippen LogP contribution < -0.4 is 5.73 Å². The van der Waals surface area contributed by atoms with E-state index in [-0.39, 0.29) is 0 Å². The number of rotatable bonds is 2. The second-order valence-electron chi connectivity index (χ2n) is 4.27. The lowest BCUT2D eigenvalue weighted by molar-refractivity contribution is 0.509. The Hall–Kier alpha value is -2.27. The maximum absolute atomic E-state index is 13.2. The van der Waals surface area contributed by atoms with Crippen LogP contribution in [-0.4, -0.2) is 9.38 Å². The van der Waals surface area contributed by atoms with Crippen molar-refractivity contribution in [3.63, 3.8) is 0 Å². The zero-order valence-corrected chi connectivity index (χ0v) is 9.98. The molecule has 0 atom stereocenters.